The van der Waals surface area contributed by atoms with E-state index in [9.17, 15) is 28.8 Å². The molecule has 6 N–H and O–H groups in total. The average molecular weight is 1050 g/mol. The molecule has 0 bridgehead atoms. The first-order chi connectivity index (χ1) is 36.6. The molecule has 1 saturated heterocycles. The minimum atomic E-state index is -0.963. The number of carbonyl (C=O) groups is 7. The highest BCUT2D eigenvalue weighted by molar-refractivity contribution is 5.97. The van der Waals surface area contributed by atoms with Gasteiger partial charge in [-0.15, -0.1) is 0 Å². The molecule has 4 aromatic rings. The third-order valence-corrected chi connectivity index (χ3v) is 15.6. The normalized spacial score (nSPS) is 19.8. The van der Waals surface area contributed by atoms with Crippen LogP contribution in [0.1, 0.15) is 124 Å². The zero-order chi connectivity index (χ0) is 55.8. The molecule has 8 atom stereocenters. The summed E-state index contributed by atoms with van der Waals surface area (Å²) < 4.78 is 0. The van der Waals surface area contributed by atoms with Crippen molar-refractivity contribution in [1.82, 2.24) is 46.6 Å². The van der Waals surface area contributed by atoms with Crippen molar-refractivity contribution in [2.45, 2.75) is 155 Å². The molecule has 1 fully saturated rings. The molecule has 0 radical (unpaired) electrons. The Hall–Kier alpha value is -6.91. The number of likely N-dealkylation sites (N-methyl/N-ethyl adjacent to an activating group) is 2. The fraction of sp³-hybridized carbons (Fsp3) is 0.492. The zero-order valence-electron chi connectivity index (χ0n) is 46.7. The van der Waals surface area contributed by atoms with Gasteiger partial charge in [-0.1, -0.05) is 133 Å². The van der Waals surface area contributed by atoms with Gasteiger partial charge in [0.1, 0.15) is 24.2 Å². The van der Waals surface area contributed by atoms with Gasteiger partial charge < -0.3 is 46.6 Å². The predicted octanol–water partition coefficient (Wildman–Crippen LogP) is 5.38. The Kier molecular flexibility index (Phi) is 18.8. The largest absolute Gasteiger partial charge is 0.347 e. The summed E-state index contributed by atoms with van der Waals surface area (Å²) in [6, 6.07) is 27.2. The van der Waals surface area contributed by atoms with E-state index in [0.29, 0.717) is 24.9 Å². The summed E-state index contributed by atoms with van der Waals surface area (Å²) in [7, 11) is 3.36. The van der Waals surface area contributed by atoms with E-state index in [4.69, 9.17) is 0 Å². The SMILES string of the molecule is CN[C@@H](C)C(=O)NC(C(=O)N1Cc2ccccc2C[C@H]1C(=O)N(CCc1ccccc1)Cc1ccc(C(=O)N[C@H]2C[C@@H](C(=O)N[C@@H]3CCCc4ccccc43)N(C(=O)[C@@H](NC(=O)[C@H](C)NC)C(C)(C)C)C2)cc1)C(C)(C)C. The summed E-state index contributed by atoms with van der Waals surface area (Å²) in [5.74, 6) is -2.35. The van der Waals surface area contributed by atoms with Crippen molar-refractivity contribution < 1.29 is 33.6 Å². The van der Waals surface area contributed by atoms with Crippen molar-refractivity contribution in [2.24, 2.45) is 10.8 Å². The van der Waals surface area contributed by atoms with Crippen LogP contribution in [0.25, 0.3) is 0 Å². The number of likely N-dealkylation sites (tertiary alicyclic amines) is 1. The lowest BCUT2D eigenvalue weighted by Crippen LogP contribution is -2.62. The molecule has 16 nitrogen and oxygen atoms in total. The summed E-state index contributed by atoms with van der Waals surface area (Å²) in [5, 5.41) is 18.2. The lowest BCUT2D eigenvalue weighted by Gasteiger charge is -2.42. The van der Waals surface area contributed by atoms with Crippen LogP contribution in [0.5, 0.6) is 0 Å². The van der Waals surface area contributed by atoms with Crippen molar-refractivity contribution >= 4 is 41.4 Å². The number of fused-ring (bicyclic) bond motifs is 2. The van der Waals surface area contributed by atoms with Crippen LogP contribution in [-0.4, -0.2) is 126 Å². The molecule has 7 amide bonds. The Morgan fingerprint density at radius 1 is 0.636 bits per heavy atom. The van der Waals surface area contributed by atoms with E-state index in [2.05, 4.69) is 38.0 Å². The fourth-order valence-corrected chi connectivity index (χ4v) is 10.6. The van der Waals surface area contributed by atoms with E-state index >= 15 is 4.79 Å². The number of rotatable bonds is 18. The summed E-state index contributed by atoms with van der Waals surface area (Å²) >= 11 is 0. The maximum Gasteiger partial charge on any atom is 0.251 e. The number of nitrogens with one attached hydrogen (secondary N) is 6. The minimum absolute atomic E-state index is 0.0492. The Labute approximate surface area is 455 Å². The van der Waals surface area contributed by atoms with Crippen LogP contribution in [0.4, 0.5) is 0 Å². The molecule has 7 rings (SSSR count). The molecule has 16 heteroatoms. The van der Waals surface area contributed by atoms with Crippen molar-refractivity contribution in [3.63, 3.8) is 0 Å². The zero-order valence-corrected chi connectivity index (χ0v) is 46.7. The first-order valence-corrected chi connectivity index (χ1v) is 27.3. The number of nitrogens with zero attached hydrogens (tertiary/aromatic N) is 3. The van der Waals surface area contributed by atoms with Crippen LogP contribution in [-0.2, 0) is 61.1 Å². The van der Waals surface area contributed by atoms with E-state index in [1.54, 1.807) is 49.9 Å². The molecule has 2 heterocycles. The molecule has 3 aliphatic rings. The standard InChI is InChI=1S/C61H81N9O7/c1-38(62-9)53(71)66-51(60(3,4)5)58(76)69-36-45-23-15-14-22-44(45)33-50(69)57(75)68(32-31-40-19-12-11-13-20-40)35-41-27-29-43(30-28-41)55(73)64-46-34-49(56(74)65-48-26-18-24-42-21-16-17-25-47(42)48)70(37-46)59(77)52(61(6,7)8)67-54(72)39(2)63-10/h11-17,19-23,25,27-30,38-39,46,48-52,62-63H,18,24,26,31-37H2,1-10H3,(H,64,73)(H,65,74)(H,66,71)(H,67,72)/t38-,39-,46-,48+,49-,50-,51?,52+/m0/s1. The van der Waals surface area contributed by atoms with Crippen LogP contribution >= 0.6 is 0 Å². The summed E-state index contributed by atoms with van der Waals surface area (Å²) in [4.78, 5) is 105. The van der Waals surface area contributed by atoms with Crippen molar-refractivity contribution in [2.75, 3.05) is 27.2 Å². The van der Waals surface area contributed by atoms with E-state index in [1.165, 1.54) is 10.5 Å². The highest BCUT2D eigenvalue weighted by Crippen LogP contribution is 2.33. The lowest BCUT2D eigenvalue weighted by molar-refractivity contribution is -0.151. The second-order valence-corrected chi connectivity index (χ2v) is 23.3. The first-order valence-electron chi connectivity index (χ1n) is 27.3. The van der Waals surface area contributed by atoms with Crippen molar-refractivity contribution in [3.8, 4) is 0 Å². The minimum Gasteiger partial charge on any atom is -0.347 e. The van der Waals surface area contributed by atoms with Crippen LogP contribution in [0.3, 0.4) is 0 Å². The molecule has 77 heavy (non-hydrogen) atoms. The van der Waals surface area contributed by atoms with Crippen LogP contribution in [0.15, 0.2) is 103 Å². The van der Waals surface area contributed by atoms with Gasteiger partial charge in [0.25, 0.3) is 5.91 Å². The molecule has 0 spiro atoms. The number of carbonyl (C=O) groups excluding carboxylic acids is 7. The molecule has 412 valence electrons. The topological polar surface area (TPSA) is 201 Å². The number of amides is 7. The maximum atomic E-state index is 15.3. The summed E-state index contributed by atoms with van der Waals surface area (Å²) in [6.45, 7) is 15.5. The predicted molar refractivity (Wildman–Crippen MR) is 298 cm³/mol. The number of aryl methyl sites for hydroxylation is 1. The van der Waals surface area contributed by atoms with E-state index < -0.39 is 64.9 Å². The van der Waals surface area contributed by atoms with E-state index in [1.807, 2.05) is 126 Å². The van der Waals surface area contributed by atoms with Gasteiger partial charge in [0.15, 0.2) is 0 Å². The monoisotopic (exact) mass is 1050 g/mol. The number of benzene rings is 4. The third kappa shape index (κ3) is 14.2. The van der Waals surface area contributed by atoms with Crippen LogP contribution < -0.4 is 31.9 Å². The molecular weight excluding hydrogens is 971 g/mol. The summed E-state index contributed by atoms with van der Waals surface area (Å²) in [5.41, 5.74) is 4.92. The molecule has 0 saturated carbocycles. The smallest absolute Gasteiger partial charge is 0.251 e. The highest BCUT2D eigenvalue weighted by Gasteiger charge is 2.47. The maximum absolute atomic E-state index is 15.3. The molecular formula is C61H81N9O7. The van der Waals surface area contributed by atoms with E-state index in [-0.39, 0.29) is 61.6 Å². The Bertz CT molecular complexity index is 2750. The number of hydrogen-bond acceptors (Lipinski definition) is 9. The number of hydrogen-bond donors (Lipinski definition) is 6. The van der Waals surface area contributed by atoms with Gasteiger partial charge >= 0.3 is 0 Å². The second kappa shape index (κ2) is 25.0. The third-order valence-electron chi connectivity index (χ3n) is 15.6. The van der Waals surface area contributed by atoms with Gasteiger partial charge in [-0.2, -0.15) is 0 Å². The van der Waals surface area contributed by atoms with Gasteiger partial charge in [-0.3, -0.25) is 33.6 Å². The van der Waals surface area contributed by atoms with Gasteiger partial charge in [0.2, 0.25) is 35.4 Å². The molecule has 2 aliphatic heterocycles. The Balaban J connectivity index is 1.12. The van der Waals surface area contributed by atoms with Crippen LogP contribution in [0, 0.1) is 10.8 Å². The fourth-order valence-electron chi connectivity index (χ4n) is 10.6. The average Bonchev–Trinajstić information content (AvgIpc) is 3.86. The molecule has 0 aromatic heterocycles. The van der Waals surface area contributed by atoms with Crippen molar-refractivity contribution in [3.05, 3.63) is 142 Å². The quantitative estimate of drug-likeness (QED) is 0.0757. The van der Waals surface area contributed by atoms with Gasteiger partial charge in [-0.05, 0) is 116 Å². The Morgan fingerprint density at radius 3 is 1.79 bits per heavy atom. The summed E-state index contributed by atoms with van der Waals surface area (Å²) in [6.07, 6.45) is 3.59. The first kappa shape index (κ1) is 57.8. The van der Waals surface area contributed by atoms with Gasteiger partial charge in [0, 0.05) is 44.2 Å². The second-order valence-electron chi connectivity index (χ2n) is 23.3. The van der Waals surface area contributed by atoms with Gasteiger partial charge in [-0.25, -0.2) is 0 Å². The molecule has 1 aliphatic carbocycles. The molecule has 1 unspecified atom stereocenters. The Morgan fingerprint density at radius 2 is 1.19 bits per heavy atom. The van der Waals surface area contributed by atoms with Crippen molar-refractivity contribution in [1.29, 1.82) is 0 Å². The lowest BCUT2D eigenvalue weighted by atomic mass is 9.84. The molecule has 4 aromatic carbocycles. The van der Waals surface area contributed by atoms with Crippen LogP contribution in [0.2, 0.25) is 0 Å². The highest BCUT2D eigenvalue weighted by atomic mass is 16.2. The van der Waals surface area contributed by atoms with E-state index in [0.717, 1.165) is 47.1 Å². The van der Waals surface area contributed by atoms with Gasteiger partial charge in [0.05, 0.1) is 18.1 Å².